The highest BCUT2D eigenvalue weighted by Gasteiger charge is 2.38. The molecule has 2 aromatic carbocycles. The number of carbonyl (C=O) groups excluding carboxylic acids is 1. The number of nitrogens with one attached hydrogen (secondary N) is 1. The summed E-state index contributed by atoms with van der Waals surface area (Å²) >= 11 is 5.65. The van der Waals surface area contributed by atoms with E-state index >= 15 is 0 Å². The van der Waals surface area contributed by atoms with Gasteiger partial charge in [-0.2, -0.15) is 26.3 Å². The zero-order valence-corrected chi connectivity index (χ0v) is 19.4. The third kappa shape index (κ3) is 5.75. The Labute approximate surface area is 205 Å². The van der Waals surface area contributed by atoms with E-state index in [0.29, 0.717) is 34.5 Å². The van der Waals surface area contributed by atoms with Crippen molar-refractivity contribution in [3.8, 4) is 0 Å². The van der Waals surface area contributed by atoms with Gasteiger partial charge in [0.25, 0.3) is 5.91 Å². The Bertz CT molecular complexity index is 1210. The van der Waals surface area contributed by atoms with Crippen molar-refractivity contribution in [3.63, 3.8) is 0 Å². The molecule has 5 nitrogen and oxygen atoms in total. The largest absolute Gasteiger partial charge is 0.416 e. The van der Waals surface area contributed by atoms with E-state index in [1.165, 1.54) is 11.0 Å². The van der Waals surface area contributed by atoms with Crippen LogP contribution in [0.5, 0.6) is 0 Å². The second-order valence-electron chi connectivity index (χ2n) is 8.70. The molecule has 0 saturated carbocycles. The fourth-order valence-electron chi connectivity index (χ4n) is 4.13. The molecule has 4 rings (SSSR count). The van der Waals surface area contributed by atoms with Crippen LogP contribution in [0.2, 0.25) is 5.02 Å². The molecule has 0 radical (unpaired) electrons. The van der Waals surface area contributed by atoms with E-state index in [-0.39, 0.29) is 25.1 Å². The lowest BCUT2D eigenvalue weighted by molar-refractivity contribution is -0.155. The Morgan fingerprint density at radius 3 is 2.47 bits per heavy atom. The number of carbonyl (C=O) groups is 1. The highest BCUT2D eigenvalue weighted by Crippen LogP contribution is 2.39. The van der Waals surface area contributed by atoms with Crippen LogP contribution in [0, 0.1) is 12.7 Å². The number of hydrogen-bond donors (Lipinski definition) is 1. The first kappa shape index (κ1) is 26.2. The van der Waals surface area contributed by atoms with Crippen LogP contribution in [0.1, 0.15) is 45.1 Å². The monoisotopic (exact) mass is 537 g/mol. The molecule has 0 aromatic heterocycles. The molecule has 194 valence electrons. The molecule has 1 fully saturated rings. The first-order valence-corrected chi connectivity index (χ1v) is 11.1. The minimum absolute atomic E-state index is 0.0311. The van der Waals surface area contributed by atoms with Crippen LogP contribution in [0.15, 0.2) is 35.5 Å². The molecule has 2 aliphatic rings. The number of oxime groups is 1. The zero-order chi connectivity index (χ0) is 26.4. The highest BCUT2D eigenvalue weighted by atomic mass is 35.5. The van der Waals surface area contributed by atoms with E-state index in [4.69, 9.17) is 16.4 Å². The van der Waals surface area contributed by atoms with Gasteiger partial charge in [-0.25, -0.2) is 4.39 Å². The summed E-state index contributed by atoms with van der Waals surface area (Å²) < 4.78 is 91.0. The Balaban J connectivity index is 1.41. The van der Waals surface area contributed by atoms with Gasteiger partial charge in [-0.15, -0.1) is 0 Å². The topological polar surface area (TPSA) is 53.9 Å². The molecular weight excluding hydrogens is 519 g/mol. The fraction of sp³-hybridized carbons (Fsp3) is 0.391. The first-order valence-electron chi connectivity index (χ1n) is 10.7. The van der Waals surface area contributed by atoms with Gasteiger partial charge < -0.3 is 10.2 Å². The number of nitrogens with zero attached hydrogens (tertiary/aromatic N) is 2. The average molecular weight is 538 g/mol. The Kier molecular flexibility index (Phi) is 6.95. The number of alkyl halides is 6. The van der Waals surface area contributed by atoms with E-state index in [1.807, 2.05) is 0 Å². The van der Waals surface area contributed by atoms with E-state index in [2.05, 4.69) is 10.5 Å². The molecule has 0 bridgehead atoms. The number of hydrogen-bond acceptors (Lipinski definition) is 4. The van der Waals surface area contributed by atoms with Crippen molar-refractivity contribution in [1.29, 1.82) is 0 Å². The maximum atomic E-state index is 14.5. The van der Waals surface area contributed by atoms with Gasteiger partial charge in [-0.05, 0) is 42.3 Å². The molecule has 1 unspecified atom stereocenters. The molecule has 13 heteroatoms. The summed E-state index contributed by atoms with van der Waals surface area (Å²) in [5, 5.41) is 5.88. The van der Waals surface area contributed by atoms with E-state index in [0.717, 1.165) is 0 Å². The normalized spacial score (nSPS) is 19.0. The van der Waals surface area contributed by atoms with Crippen molar-refractivity contribution in [3.05, 3.63) is 69.0 Å². The van der Waals surface area contributed by atoms with Crippen LogP contribution in [-0.2, 0) is 11.0 Å². The summed E-state index contributed by atoms with van der Waals surface area (Å²) in [7, 11) is 0. The summed E-state index contributed by atoms with van der Waals surface area (Å²) in [6, 6.07) is 5.41. The molecule has 1 amide bonds. The van der Waals surface area contributed by atoms with Crippen molar-refractivity contribution in [2.45, 2.75) is 37.8 Å². The SMILES string of the molecule is Cc1cc(C2=NOC(c3cc(C(F)(F)F)cc(Cl)c3F)C2)ccc1C(=O)NC1CN(CC(F)(F)F)C1. The fourth-order valence-corrected chi connectivity index (χ4v) is 4.35. The predicted molar refractivity (Wildman–Crippen MR) is 116 cm³/mol. The third-order valence-corrected chi connectivity index (χ3v) is 6.17. The lowest BCUT2D eigenvalue weighted by Crippen LogP contribution is -2.61. The average Bonchev–Trinajstić information content (AvgIpc) is 3.22. The van der Waals surface area contributed by atoms with Crippen molar-refractivity contribution in [2.75, 3.05) is 19.6 Å². The molecule has 2 heterocycles. The van der Waals surface area contributed by atoms with Crippen molar-refractivity contribution < 1.29 is 40.4 Å². The van der Waals surface area contributed by atoms with E-state index in [9.17, 15) is 35.5 Å². The molecule has 36 heavy (non-hydrogen) atoms. The van der Waals surface area contributed by atoms with Gasteiger partial charge in [0, 0.05) is 30.6 Å². The van der Waals surface area contributed by atoms with Gasteiger partial charge in [0.05, 0.1) is 28.9 Å². The second kappa shape index (κ2) is 9.55. The summed E-state index contributed by atoms with van der Waals surface area (Å²) in [5.74, 6) is -1.47. The standard InChI is InChI=1S/C23H19ClF7N3O2/c1-11-4-12(2-3-15(11)21(35)32-14-8-34(9-14)10-22(26,27)28)18-7-19(36-33-18)16-5-13(23(29,30)31)6-17(24)20(16)25/h2-6,14,19H,7-10H2,1H3,(H,32,35). The van der Waals surface area contributed by atoms with Crippen molar-refractivity contribution in [1.82, 2.24) is 10.2 Å². The lowest BCUT2D eigenvalue weighted by atomic mass is 9.96. The molecular formula is C23H19ClF7N3O2. The molecule has 2 aromatic rings. The van der Waals surface area contributed by atoms with Crippen LogP contribution in [0.3, 0.4) is 0 Å². The van der Waals surface area contributed by atoms with E-state index < -0.39 is 53.4 Å². The van der Waals surface area contributed by atoms with Crippen LogP contribution in [0.25, 0.3) is 0 Å². The number of amides is 1. The van der Waals surface area contributed by atoms with Gasteiger partial charge in [0.1, 0.15) is 5.82 Å². The molecule has 1 atom stereocenters. The van der Waals surface area contributed by atoms with Crippen LogP contribution in [0.4, 0.5) is 30.7 Å². The van der Waals surface area contributed by atoms with Crippen LogP contribution < -0.4 is 5.32 Å². The number of aryl methyl sites for hydroxylation is 1. The number of rotatable bonds is 5. The first-order chi connectivity index (χ1) is 16.7. The van der Waals surface area contributed by atoms with Crippen LogP contribution >= 0.6 is 11.6 Å². The minimum atomic E-state index is -4.72. The van der Waals surface area contributed by atoms with Crippen LogP contribution in [-0.4, -0.2) is 48.4 Å². The summed E-state index contributed by atoms with van der Waals surface area (Å²) in [6.07, 6.45) is -10.2. The maximum absolute atomic E-state index is 14.5. The molecule has 0 spiro atoms. The number of halogens is 8. The molecule has 1 N–H and O–H groups in total. The number of benzene rings is 2. The number of likely N-dealkylation sites (tertiary alicyclic amines) is 1. The molecule has 0 aliphatic carbocycles. The molecule has 1 saturated heterocycles. The minimum Gasteiger partial charge on any atom is -0.387 e. The van der Waals surface area contributed by atoms with Crippen molar-refractivity contribution >= 4 is 23.2 Å². The van der Waals surface area contributed by atoms with Crippen molar-refractivity contribution in [2.24, 2.45) is 5.16 Å². The Hall–Kier alpha value is -2.86. The Morgan fingerprint density at radius 1 is 1.17 bits per heavy atom. The quantitative estimate of drug-likeness (QED) is 0.502. The lowest BCUT2D eigenvalue weighted by Gasteiger charge is -2.39. The third-order valence-electron chi connectivity index (χ3n) is 5.90. The predicted octanol–water partition coefficient (Wildman–Crippen LogP) is 5.65. The maximum Gasteiger partial charge on any atom is 0.416 e. The smallest absolute Gasteiger partial charge is 0.387 e. The van der Waals surface area contributed by atoms with Gasteiger partial charge in [-0.3, -0.25) is 9.69 Å². The van der Waals surface area contributed by atoms with Gasteiger partial charge >= 0.3 is 12.4 Å². The second-order valence-corrected chi connectivity index (χ2v) is 9.11. The zero-order valence-electron chi connectivity index (χ0n) is 18.6. The highest BCUT2D eigenvalue weighted by molar-refractivity contribution is 6.30. The van der Waals surface area contributed by atoms with Gasteiger partial charge in [0.15, 0.2) is 6.10 Å². The Morgan fingerprint density at radius 2 is 1.86 bits per heavy atom. The van der Waals surface area contributed by atoms with E-state index in [1.54, 1.807) is 19.1 Å². The van der Waals surface area contributed by atoms with Gasteiger partial charge in [0.2, 0.25) is 0 Å². The molecule has 2 aliphatic heterocycles. The summed E-state index contributed by atoms with van der Waals surface area (Å²) in [4.78, 5) is 18.9. The summed E-state index contributed by atoms with van der Waals surface area (Å²) in [6.45, 7) is 0.798. The summed E-state index contributed by atoms with van der Waals surface area (Å²) in [5.41, 5.74) is 0.215. The van der Waals surface area contributed by atoms with Gasteiger partial charge in [-0.1, -0.05) is 22.8 Å².